The van der Waals surface area contributed by atoms with Gasteiger partial charge < -0.3 is 4.74 Å². The number of carbonyl (C=O) groups is 1. The van der Waals surface area contributed by atoms with Gasteiger partial charge in [-0.15, -0.1) is 11.8 Å². The third-order valence-corrected chi connectivity index (χ3v) is 7.15. The number of thioether (sulfide) groups is 2. The Hall–Kier alpha value is -1.73. The van der Waals surface area contributed by atoms with Crippen LogP contribution in [0.1, 0.15) is 38.4 Å². The van der Waals surface area contributed by atoms with Gasteiger partial charge in [0.1, 0.15) is 5.25 Å². The molecular weight excluding hydrogens is 392 g/mol. The van der Waals surface area contributed by atoms with Crippen LogP contribution < -0.4 is 5.56 Å². The van der Waals surface area contributed by atoms with Gasteiger partial charge in [0.15, 0.2) is 5.16 Å². The first kappa shape index (κ1) is 21.0. The standard InChI is InChI=1S/C21H26N2O3S2/c1-4-17(20(25)26-5-2)28-21-22-16-13-14(3)27-18(16)19(24)23(21)12-11-15-9-7-6-8-10-15/h6-10,14,17H,4-5,11-13H2,1-3H3/t14-,17+/m1/s1. The fourth-order valence-electron chi connectivity index (χ4n) is 3.16. The molecule has 0 fully saturated rings. The summed E-state index contributed by atoms with van der Waals surface area (Å²) in [5, 5.41) is 0.610. The van der Waals surface area contributed by atoms with Crippen LogP contribution in [0.4, 0.5) is 0 Å². The normalized spacial score (nSPS) is 16.6. The molecule has 3 rings (SSSR count). The van der Waals surface area contributed by atoms with Gasteiger partial charge in [0.2, 0.25) is 0 Å². The van der Waals surface area contributed by atoms with Crippen molar-refractivity contribution >= 4 is 29.5 Å². The summed E-state index contributed by atoms with van der Waals surface area (Å²) < 4.78 is 6.94. The van der Waals surface area contributed by atoms with Crippen LogP contribution in [-0.2, 0) is 28.9 Å². The summed E-state index contributed by atoms with van der Waals surface area (Å²) in [5.74, 6) is -0.248. The molecule has 0 amide bonds. The maximum absolute atomic E-state index is 13.2. The van der Waals surface area contributed by atoms with Gasteiger partial charge in [-0.05, 0) is 25.3 Å². The number of ether oxygens (including phenoxy) is 1. The molecule has 1 aliphatic heterocycles. The lowest BCUT2D eigenvalue weighted by molar-refractivity contribution is -0.142. The molecular formula is C21H26N2O3S2. The minimum absolute atomic E-state index is 0.0106. The van der Waals surface area contributed by atoms with Crippen molar-refractivity contribution < 1.29 is 9.53 Å². The molecule has 1 aromatic heterocycles. The second kappa shape index (κ2) is 9.65. The van der Waals surface area contributed by atoms with Crippen molar-refractivity contribution in [3.8, 4) is 0 Å². The molecule has 0 unspecified atom stereocenters. The first-order valence-electron chi connectivity index (χ1n) is 9.71. The van der Waals surface area contributed by atoms with E-state index in [4.69, 9.17) is 9.72 Å². The number of nitrogens with zero attached hydrogens (tertiary/aromatic N) is 2. The maximum atomic E-state index is 13.2. The molecule has 0 saturated carbocycles. The quantitative estimate of drug-likeness (QED) is 0.367. The van der Waals surface area contributed by atoms with E-state index in [2.05, 4.69) is 19.1 Å². The molecule has 0 N–H and O–H groups in total. The van der Waals surface area contributed by atoms with Crippen LogP contribution in [0.3, 0.4) is 0 Å². The molecule has 0 saturated heterocycles. The maximum Gasteiger partial charge on any atom is 0.319 e. The van der Waals surface area contributed by atoms with Crippen LogP contribution in [0, 0.1) is 0 Å². The van der Waals surface area contributed by atoms with E-state index >= 15 is 0 Å². The second-order valence-corrected chi connectivity index (χ2v) is 9.38. The van der Waals surface area contributed by atoms with Gasteiger partial charge in [0.05, 0.1) is 17.2 Å². The van der Waals surface area contributed by atoms with E-state index < -0.39 is 0 Å². The Morgan fingerprint density at radius 2 is 2.11 bits per heavy atom. The third-order valence-electron chi connectivity index (χ3n) is 4.60. The zero-order valence-corrected chi connectivity index (χ0v) is 18.1. The van der Waals surface area contributed by atoms with Crippen LogP contribution in [0.2, 0.25) is 0 Å². The van der Waals surface area contributed by atoms with Crippen molar-refractivity contribution in [3.05, 3.63) is 51.9 Å². The predicted molar refractivity (Wildman–Crippen MR) is 114 cm³/mol. The monoisotopic (exact) mass is 418 g/mol. The SMILES string of the molecule is CCOC(=O)[C@H](CC)Sc1nc2c(c(=O)n1CCc1ccccc1)S[C@H](C)C2. The number of fused-ring (bicyclic) bond motifs is 1. The summed E-state index contributed by atoms with van der Waals surface area (Å²) in [4.78, 5) is 31.0. The van der Waals surface area contributed by atoms with Gasteiger partial charge in [0, 0.05) is 18.2 Å². The predicted octanol–water partition coefficient (Wildman–Crippen LogP) is 3.96. The number of aryl methyl sites for hydroxylation is 1. The highest BCUT2D eigenvalue weighted by molar-refractivity contribution is 8.00. The number of benzene rings is 1. The zero-order valence-electron chi connectivity index (χ0n) is 16.5. The molecule has 2 atom stereocenters. The van der Waals surface area contributed by atoms with E-state index in [1.54, 1.807) is 23.3 Å². The van der Waals surface area contributed by atoms with Crippen molar-refractivity contribution in [1.82, 2.24) is 9.55 Å². The molecule has 2 heterocycles. The number of carbonyl (C=O) groups excluding carboxylic acids is 1. The molecule has 0 radical (unpaired) electrons. The summed E-state index contributed by atoms with van der Waals surface area (Å²) in [6, 6.07) is 10.1. The Kier molecular flexibility index (Phi) is 7.24. The number of hydrogen-bond acceptors (Lipinski definition) is 6. The first-order valence-corrected chi connectivity index (χ1v) is 11.5. The highest BCUT2D eigenvalue weighted by Crippen LogP contribution is 2.35. The molecule has 0 aliphatic carbocycles. The first-order chi connectivity index (χ1) is 13.5. The van der Waals surface area contributed by atoms with Crippen LogP contribution >= 0.6 is 23.5 Å². The van der Waals surface area contributed by atoms with Crippen LogP contribution in [0.5, 0.6) is 0 Å². The molecule has 5 nitrogen and oxygen atoms in total. The average molecular weight is 419 g/mol. The Morgan fingerprint density at radius 3 is 2.79 bits per heavy atom. The van der Waals surface area contributed by atoms with Crippen molar-refractivity contribution in [2.45, 2.75) is 67.1 Å². The van der Waals surface area contributed by atoms with Crippen molar-refractivity contribution in [2.24, 2.45) is 0 Å². The molecule has 150 valence electrons. The Bertz CT molecular complexity index is 883. The summed E-state index contributed by atoms with van der Waals surface area (Å²) in [6.45, 7) is 6.76. The lowest BCUT2D eigenvalue weighted by Crippen LogP contribution is -2.28. The van der Waals surface area contributed by atoms with E-state index in [9.17, 15) is 9.59 Å². The Labute approximate surface area is 174 Å². The summed E-state index contributed by atoms with van der Waals surface area (Å²) >= 11 is 2.95. The fraction of sp³-hybridized carbons (Fsp3) is 0.476. The van der Waals surface area contributed by atoms with E-state index in [1.807, 2.05) is 25.1 Å². The summed E-state index contributed by atoms with van der Waals surface area (Å²) in [5.41, 5.74) is 2.04. The largest absolute Gasteiger partial charge is 0.465 e. The van der Waals surface area contributed by atoms with Crippen molar-refractivity contribution in [2.75, 3.05) is 6.61 Å². The van der Waals surface area contributed by atoms with Gasteiger partial charge in [-0.1, -0.05) is 55.9 Å². The zero-order chi connectivity index (χ0) is 20.1. The highest BCUT2D eigenvalue weighted by atomic mass is 32.2. The number of esters is 1. The van der Waals surface area contributed by atoms with Gasteiger partial charge in [-0.3, -0.25) is 14.2 Å². The average Bonchev–Trinajstić information content (AvgIpc) is 3.07. The summed E-state index contributed by atoms with van der Waals surface area (Å²) in [6.07, 6.45) is 2.16. The van der Waals surface area contributed by atoms with E-state index in [0.29, 0.717) is 30.0 Å². The molecule has 1 aliphatic rings. The fourth-order valence-corrected chi connectivity index (χ4v) is 5.33. The molecule has 28 heavy (non-hydrogen) atoms. The Balaban J connectivity index is 1.92. The molecule has 1 aromatic carbocycles. The number of aromatic nitrogens is 2. The van der Waals surface area contributed by atoms with Gasteiger partial charge in [-0.2, -0.15) is 0 Å². The number of rotatable bonds is 8. The van der Waals surface area contributed by atoms with E-state index in [0.717, 1.165) is 23.4 Å². The topological polar surface area (TPSA) is 61.2 Å². The van der Waals surface area contributed by atoms with Gasteiger partial charge >= 0.3 is 5.97 Å². The highest BCUT2D eigenvalue weighted by Gasteiger charge is 2.28. The Morgan fingerprint density at radius 1 is 1.36 bits per heavy atom. The lowest BCUT2D eigenvalue weighted by atomic mass is 10.1. The minimum Gasteiger partial charge on any atom is -0.465 e. The van der Waals surface area contributed by atoms with Crippen LogP contribution in [0.25, 0.3) is 0 Å². The molecule has 7 heteroatoms. The smallest absolute Gasteiger partial charge is 0.319 e. The van der Waals surface area contributed by atoms with E-state index in [1.165, 1.54) is 17.3 Å². The number of hydrogen-bond donors (Lipinski definition) is 0. The van der Waals surface area contributed by atoms with Crippen LogP contribution in [0.15, 0.2) is 45.2 Å². The van der Waals surface area contributed by atoms with Gasteiger partial charge in [-0.25, -0.2) is 4.98 Å². The van der Waals surface area contributed by atoms with Crippen molar-refractivity contribution in [3.63, 3.8) is 0 Å². The summed E-state index contributed by atoms with van der Waals surface area (Å²) in [7, 11) is 0. The van der Waals surface area contributed by atoms with Crippen molar-refractivity contribution in [1.29, 1.82) is 0 Å². The molecule has 2 aromatic rings. The minimum atomic E-state index is -0.362. The van der Waals surface area contributed by atoms with Crippen LogP contribution in [-0.4, -0.2) is 32.6 Å². The van der Waals surface area contributed by atoms with E-state index in [-0.39, 0.29) is 16.8 Å². The lowest BCUT2D eigenvalue weighted by Gasteiger charge is -2.17. The third kappa shape index (κ3) is 4.81. The second-order valence-electron chi connectivity index (χ2n) is 6.76. The molecule has 0 bridgehead atoms. The molecule has 0 spiro atoms. The van der Waals surface area contributed by atoms with Gasteiger partial charge in [0.25, 0.3) is 5.56 Å².